The zero-order valence-electron chi connectivity index (χ0n) is 12.2. The molecular formula is C13H18ClF3N2O2S. The van der Waals surface area contributed by atoms with Crippen molar-refractivity contribution in [1.82, 2.24) is 4.72 Å². The number of nitrogens with two attached hydrogens (primary N) is 1. The Labute approximate surface area is 132 Å². The van der Waals surface area contributed by atoms with Gasteiger partial charge in [0.05, 0.1) is 10.5 Å². The maximum atomic E-state index is 13.1. The fourth-order valence-corrected chi connectivity index (χ4v) is 3.96. The number of hydrogen-bond donors (Lipinski definition) is 2. The summed E-state index contributed by atoms with van der Waals surface area (Å²) in [4.78, 5) is -0.857. The Morgan fingerprint density at radius 1 is 1.23 bits per heavy atom. The molecule has 0 aliphatic carbocycles. The van der Waals surface area contributed by atoms with Gasteiger partial charge < -0.3 is 5.73 Å². The van der Waals surface area contributed by atoms with Crippen LogP contribution in [0.5, 0.6) is 0 Å². The van der Waals surface area contributed by atoms with Gasteiger partial charge in [0.15, 0.2) is 0 Å². The average molecular weight is 359 g/mol. The van der Waals surface area contributed by atoms with E-state index in [1.165, 1.54) is 0 Å². The fourth-order valence-electron chi connectivity index (χ4n) is 2.02. The van der Waals surface area contributed by atoms with E-state index in [-0.39, 0.29) is 11.6 Å². The summed E-state index contributed by atoms with van der Waals surface area (Å²) in [6, 6.07) is 2.55. The first-order chi connectivity index (χ1) is 10.0. The zero-order valence-corrected chi connectivity index (χ0v) is 13.7. The monoisotopic (exact) mass is 358 g/mol. The van der Waals surface area contributed by atoms with Crippen LogP contribution in [0.25, 0.3) is 0 Å². The second kappa shape index (κ2) is 6.74. The molecule has 3 N–H and O–H groups in total. The third-order valence-corrected chi connectivity index (χ3v) is 5.50. The van der Waals surface area contributed by atoms with Crippen LogP contribution in [-0.4, -0.2) is 20.5 Å². The van der Waals surface area contributed by atoms with Crippen molar-refractivity contribution >= 4 is 21.6 Å². The summed E-state index contributed by atoms with van der Waals surface area (Å²) in [6.45, 7) is 3.41. The topological polar surface area (TPSA) is 72.2 Å². The summed E-state index contributed by atoms with van der Waals surface area (Å²) in [7, 11) is -4.39. The van der Waals surface area contributed by atoms with Crippen molar-refractivity contribution in [2.24, 2.45) is 5.73 Å². The van der Waals surface area contributed by atoms with Crippen LogP contribution in [0, 0.1) is 0 Å². The molecule has 0 aromatic heterocycles. The van der Waals surface area contributed by atoms with E-state index in [0.29, 0.717) is 18.9 Å². The third-order valence-electron chi connectivity index (χ3n) is 3.63. The van der Waals surface area contributed by atoms with Gasteiger partial charge in [0.2, 0.25) is 10.0 Å². The van der Waals surface area contributed by atoms with Gasteiger partial charge in [-0.2, -0.15) is 13.2 Å². The first kappa shape index (κ1) is 19.2. The van der Waals surface area contributed by atoms with Crippen LogP contribution in [0.1, 0.15) is 32.3 Å². The highest BCUT2D eigenvalue weighted by molar-refractivity contribution is 7.89. The maximum absolute atomic E-state index is 13.1. The summed E-state index contributed by atoms with van der Waals surface area (Å²) >= 11 is 5.55. The van der Waals surface area contributed by atoms with E-state index in [1.807, 2.05) is 0 Å². The van der Waals surface area contributed by atoms with Crippen molar-refractivity contribution in [3.63, 3.8) is 0 Å². The lowest BCUT2D eigenvalue weighted by Crippen LogP contribution is -2.52. The number of benzene rings is 1. The molecule has 9 heteroatoms. The Kier molecular flexibility index (Phi) is 5.88. The van der Waals surface area contributed by atoms with E-state index >= 15 is 0 Å². The van der Waals surface area contributed by atoms with Gasteiger partial charge in [-0.05, 0) is 31.0 Å². The summed E-state index contributed by atoms with van der Waals surface area (Å²) < 4.78 is 66.3. The molecule has 0 unspecified atom stereocenters. The zero-order chi connectivity index (χ0) is 17.2. The van der Waals surface area contributed by atoms with Crippen molar-refractivity contribution in [3.8, 4) is 0 Å². The smallest absolute Gasteiger partial charge is 0.329 e. The Bertz CT molecular complexity index is 620. The Morgan fingerprint density at radius 2 is 1.77 bits per heavy atom. The predicted octanol–water partition coefficient (Wildman–Crippen LogP) is 3.15. The molecule has 22 heavy (non-hydrogen) atoms. The molecule has 4 nitrogen and oxygen atoms in total. The van der Waals surface area contributed by atoms with Crippen molar-refractivity contribution in [2.75, 3.05) is 6.54 Å². The van der Waals surface area contributed by atoms with E-state index in [1.54, 1.807) is 13.8 Å². The summed E-state index contributed by atoms with van der Waals surface area (Å²) in [5.74, 6) is 0. The lowest BCUT2D eigenvalue weighted by Gasteiger charge is -2.31. The first-order valence-corrected chi connectivity index (χ1v) is 8.48. The molecule has 0 bridgehead atoms. The molecule has 0 fully saturated rings. The normalized spacial score (nSPS) is 13.4. The molecule has 0 amide bonds. The Hall–Kier alpha value is -0.830. The van der Waals surface area contributed by atoms with Gasteiger partial charge in [-0.1, -0.05) is 25.4 Å². The van der Waals surface area contributed by atoms with Crippen LogP contribution < -0.4 is 10.5 Å². The largest absolute Gasteiger partial charge is 0.417 e. The molecule has 0 saturated heterocycles. The van der Waals surface area contributed by atoms with E-state index in [4.69, 9.17) is 17.3 Å². The second-order valence-electron chi connectivity index (χ2n) is 4.94. The minimum Gasteiger partial charge on any atom is -0.329 e. The number of hydrogen-bond acceptors (Lipinski definition) is 3. The third kappa shape index (κ3) is 4.13. The van der Waals surface area contributed by atoms with E-state index in [9.17, 15) is 21.6 Å². The molecule has 1 aromatic carbocycles. The van der Waals surface area contributed by atoms with Crippen LogP contribution in [0.3, 0.4) is 0 Å². The molecular weight excluding hydrogens is 341 g/mol. The molecule has 0 aliphatic heterocycles. The lowest BCUT2D eigenvalue weighted by molar-refractivity contribution is -0.139. The molecule has 0 aliphatic rings. The highest BCUT2D eigenvalue weighted by atomic mass is 35.5. The second-order valence-corrected chi connectivity index (χ2v) is 7.02. The van der Waals surface area contributed by atoms with E-state index in [2.05, 4.69) is 4.72 Å². The van der Waals surface area contributed by atoms with Crippen molar-refractivity contribution in [2.45, 2.75) is 43.3 Å². The van der Waals surface area contributed by atoms with Crippen LogP contribution in [0.4, 0.5) is 13.2 Å². The number of rotatable bonds is 6. The van der Waals surface area contributed by atoms with E-state index < -0.39 is 32.2 Å². The summed E-state index contributed by atoms with van der Waals surface area (Å²) in [5.41, 5.74) is 3.31. The van der Waals surface area contributed by atoms with Gasteiger partial charge in [-0.25, -0.2) is 13.1 Å². The average Bonchev–Trinajstić information content (AvgIpc) is 2.43. The molecule has 1 aromatic rings. The number of halogens is 4. The fraction of sp³-hybridized carbons (Fsp3) is 0.538. The van der Waals surface area contributed by atoms with Gasteiger partial charge >= 0.3 is 6.18 Å². The maximum Gasteiger partial charge on any atom is 0.417 e. The molecule has 0 atom stereocenters. The minimum atomic E-state index is -4.83. The molecule has 0 saturated carbocycles. The van der Waals surface area contributed by atoms with E-state index in [0.717, 1.165) is 12.1 Å². The van der Waals surface area contributed by atoms with Crippen molar-refractivity contribution in [3.05, 3.63) is 28.8 Å². The number of alkyl halides is 3. The quantitative estimate of drug-likeness (QED) is 0.820. The van der Waals surface area contributed by atoms with Gasteiger partial charge in [0, 0.05) is 17.1 Å². The Morgan fingerprint density at radius 3 is 2.18 bits per heavy atom. The molecule has 126 valence electrons. The molecule has 0 heterocycles. The van der Waals surface area contributed by atoms with Gasteiger partial charge in [-0.3, -0.25) is 0 Å². The predicted molar refractivity (Wildman–Crippen MR) is 79.1 cm³/mol. The first-order valence-electron chi connectivity index (χ1n) is 6.62. The van der Waals surface area contributed by atoms with Gasteiger partial charge in [0.25, 0.3) is 0 Å². The summed E-state index contributed by atoms with van der Waals surface area (Å²) in [6.07, 6.45) is -4.12. The molecule has 0 spiro atoms. The van der Waals surface area contributed by atoms with Crippen molar-refractivity contribution in [1.29, 1.82) is 0 Å². The Balaban J connectivity index is 3.41. The molecule has 1 rings (SSSR count). The lowest BCUT2D eigenvalue weighted by atomic mass is 9.95. The minimum absolute atomic E-state index is 0.0197. The van der Waals surface area contributed by atoms with Crippen LogP contribution in [0.15, 0.2) is 23.1 Å². The number of nitrogens with one attached hydrogen (secondary N) is 1. The van der Waals surface area contributed by atoms with Gasteiger partial charge in [0.1, 0.15) is 0 Å². The number of sulfonamides is 1. The standard InChI is InChI=1S/C13H18ClF3N2O2S/c1-3-12(4-2,8-18)19-22(20,21)11-6-5-9(14)7-10(11)13(15,16)17/h5-7,19H,3-4,8,18H2,1-2H3. The summed E-state index contributed by atoms with van der Waals surface area (Å²) in [5, 5.41) is -0.192. The van der Waals surface area contributed by atoms with Crippen LogP contribution in [-0.2, 0) is 16.2 Å². The van der Waals surface area contributed by atoms with Gasteiger partial charge in [-0.15, -0.1) is 0 Å². The highest BCUT2D eigenvalue weighted by Crippen LogP contribution is 2.36. The SMILES string of the molecule is CCC(CC)(CN)NS(=O)(=O)c1ccc(Cl)cc1C(F)(F)F. The van der Waals surface area contributed by atoms with Crippen LogP contribution in [0.2, 0.25) is 5.02 Å². The van der Waals surface area contributed by atoms with Crippen molar-refractivity contribution < 1.29 is 21.6 Å². The van der Waals surface area contributed by atoms with Crippen LogP contribution >= 0.6 is 11.6 Å². The molecule has 0 radical (unpaired) electrons. The highest BCUT2D eigenvalue weighted by Gasteiger charge is 2.39.